The van der Waals surface area contributed by atoms with Gasteiger partial charge in [0.2, 0.25) is 0 Å². The minimum Gasteiger partial charge on any atom is -0.309 e. The SMILES string of the molecule is CCC(C)Cc1nc2c(C3CCCC3)[nH]nc2c(=O)[nH]1. The molecular weight excluding hydrogens is 252 g/mol. The van der Waals surface area contributed by atoms with Gasteiger partial charge in [0.25, 0.3) is 5.56 Å². The van der Waals surface area contributed by atoms with E-state index in [0.717, 1.165) is 29.9 Å². The number of nitrogens with zero attached hydrogens (tertiary/aromatic N) is 2. The fraction of sp³-hybridized carbons (Fsp3) is 0.667. The first kappa shape index (κ1) is 13.3. The minimum atomic E-state index is -0.117. The van der Waals surface area contributed by atoms with E-state index >= 15 is 0 Å². The molecule has 1 saturated carbocycles. The molecule has 5 heteroatoms. The van der Waals surface area contributed by atoms with Crippen molar-refractivity contribution in [2.45, 2.75) is 58.3 Å². The Kier molecular flexibility index (Phi) is 3.59. The highest BCUT2D eigenvalue weighted by Crippen LogP contribution is 2.35. The Balaban J connectivity index is 2.03. The van der Waals surface area contributed by atoms with Crippen molar-refractivity contribution in [2.24, 2.45) is 5.92 Å². The van der Waals surface area contributed by atoms with Crippen molar-refractivity contribution in [3.05, 3.63) is 21.9 Å². The molecule has 1 aliphatic rings. The van der Waals surface area contributed by atoms with Gasteiger partial charge in [0, 0.05) is 12.3 Å². The number of fused-ring (bicyclic) bond motifs is 1. The molecule has 3 rings (SSSR count). The molecule has 0 spiro atoms. The van der Waals surface area contributed by atoms with Crippen LogP contribution in [0.3, 0.4) is 0 Å². The minimum absolute atomic E-state index is 0.117. The molecule has 1 atom stereocenters. The molecule has 0 aliphatic heterocycles. The van der Waals surface area contributed by atoms with Crippen LogP contribution in [0.2, 0.25) is 0 Å². The molecule has 1 aliphatic carbocycles. The normalized spacial score (nSPS) is 17.9. The van der Waals surface area contributed by atoms with Crippen molar-refractivity contribution in [3.8, 4) is 0 Å². The van der Waals surface area contributed by atoms with Crippen molar-refractivity contribution in [1.82, 2.24) is 20.2 Å². The lowest BCUT2D eigenvalue weighted by molar-refractivity contribution is 0.543. The second-order valence-electron chi connectivity index (χ2n) is 6.05. The fourth-order valence-corrected chi connectivity index (χ4v) is 3.04. The molecule has 2 aromatic heterocycles. The van der Waals surface area contributed by atoms with Crippen LogP contribution in [-0.4, -0.2) is 20.2 Å². The lowest BCUT2D eigenvalue weighted by Crippen LogP contribution is -2.14. The van der Waals surface area contributed by atoms with Gasteiger partial charge in [-0.2, -0.15) is 5.10 Å². The van der Waals surface area contributed by atoms with Gasteiger partial charge in [-0.25, -0.2) is 4.98 Å². The van der Waals surface area contributed by atoms with Crippen LogP contribution in [0.25, 0.3) is 11.0 Å². The summed E-state index contributed by atoms with van der Waals surface area (Å²) in [7, 11) is 0. The van der Waals surface area contributed by atoms with E-state index in [-0.39, 0.29) is 5.56 Å². The molecule has 0 radical (unpaired) electrons. The lowest BCUT2D eigenvalue weighted by Gasteiger charge is -2.09. The van der Waals surface area contributed by atoms with Crippen molar-refractivity contribution in [3.63, 3.8) is 0 Å². The summed E-state index contributed by atoms with van der Waals surface area (Å²) in [5.74, 6) is 1.81. The Hall–Kier alpha value is -1.65. The van der Waals surface area contributed by atoms with Crippen molar-refractivity contribution < 1.29 is 0 Å². The number of hydrogen-bond acceptors (Lipinski definition) is 3. The summed E-state index contributed by atoms with van der Waals surface area (Å²) >= 11 is 0. The number of aromatic nitrogens is 4. The van der Waals surface area contributed by atoms with Crippen LogP contribution in [0.5, 0.6) is 0 Å². The summed E-state index contributed by atoms with van der Waals surface area (Å²) in [5.41, 5.74) is 2.20. The highest BCUT2D eigenvalue weighted by Gasteiger charge is 2.23. The van der Waals surface area contributed by atoms with E-state index in [4.69, 9.17) is 0 Å². The maximum absolute atomic E-state index is 12.1. The predicted molar refractivity (Wildman–Crippen MR) is 78.9 cm³/mol. The van der Waals surface area contributed by atoms with E-state index < -0.39 is 0 Å². The van der Waals surface area contributed by atoms with E-state index in [2.05, 4.69) is 34.0 Å². The smallest absolute Gasteiger partial charge is 0.279 e. The van der Waals surface area contributed by atoms with Crippen LogP contribution in [0.4, 0.5) is 0 Å². The largest absolute Gasteiger partial charge is 0.309 e. The maximum atomic E-state index is 12.1. The van der Waals surface area contributed by atoms with Gasteiger partial charge >= 0.3 is 0 Å². The third kappa shape index (κ3) is 2.37. The van der Waals surface area contributed by atoms with Crippen LogP contribution >= 0.6 is 0 Å². The molecule has 0 amide bonds. The predicted octanol–water partition coefficient (Wildman–Crippen LogP) is 2.89. The van der Waals surface area contributed by atoms with Crippen LogP contribution in [0.1, 0.15) is 63.4 Å². The van der Waals surface area contributed by atoms with Gasteiger partial charge in [-0.3, -0.25) is 9.89 Å². The molecule has 0 aromatic carbocycles. The van der Waals surface area contributed by atoms with Gasteiger partial charge in [-0.05, 0) is 18.8 Å². The average molecular weight is 274 g/mol. The van der Waals surface area contributed by atoms with Crippen molar-refractivity contribution in [2.75, 3.05) is 0 Å². The molecule has 2 heterocycles. The summed E-state index contributed by atoms with van der Waals surface area (Å²) < 4.78 is 0. The summed E-state index contributed by atoms with van der Waals surface area (Å²) in [6.45, 7) is 4.33. The molecule has 1 unspecified atom stereocenters. The van der Waals surface area contributed by atoms with Gasteiger partial charge in [-0.15, -0.1) is 0 Å². The first-order valence-corrected chi connectivity index (χ1v) is 7.66. The second-order valence-corrected chi connectivity index (χ2v) is 6.05. The topological polar surface area (TPSA) is 74.4 Å². The summed E-state index contributed by atoms with van der Waals surface area (Å²) in [6, 6.07) is 0. The molecule has 2 aromatic rings. The van der Waals surface area contributed by atoms with E-state index in [1.807, 2.05) is 0 Å². The third-order valence-electron chi connectivity index (χ3n) is 4.49. The molecule has 0 saturated heterocycles. The van der Waals surface area contributed by atoms with Gasteiger partial charge in [0.05, 0.1) is 5.69 Å². The number of rotatable bonds is 4. The van der Waals surface area contributed by atoms with Crippen LogP contribution < -0.4 is 5.56 Å². The molecule has 0 bridgehead atoms. The zero-order valence-corrected chi connectivity index (χ0v) is 12.2. The van der Waals surface area contributed by atoms with E-state index in [9.17, 15) is 4.79 Å². The lowest BCUT2D eigenvalue weighted by atomic mass is 10.0. The zero-order chi connectivity index (χ0) is 14.1. The molecule has 5 nitrogen and oxygen atoms in total. The van der Waals surface area contributed by atoms with E-state index in [0.29, 0.717) is 17.4 Å². The first-order valence-electron chi connectivity index (χ1n) is 7.66. The van der Waals surface area contributed by atoms with Crippen molar-refractivity contribution in [1.29, 1.82) is 0 Å². The molecule has 20 heavy (non-hydrogen) atoms. The fourth-order valence-electron chi connectivity index (χ4n) is 3.04. The number of H-pyrrole nitrogens is 2. The summed E-state index contributed by atoms with van der Waals surface area (Å²) in [6.07, 6.45) is 6.76. The summed E-state index contributed by atoms with van der Waals surface area (Å²) in [5, 5.41) is 7.23. The van der Waals surface area contributed by atoms with E-state index in [1.165, 1.54) is 25.7 Å². The Morgan fingerprint density at radius 2 is 2.05 bits per heavy atom. The van der Waals surface area contributed by atoms with Gasteiger partial charge < -0.3 is 4.98 Å². The van der Waals surface area contributed by atoms with E-state index in [1.54, 1.807) is 0 Å². The molecule has 1 fully saturated rings. The quantitative estimate of drug-likeness (QED) is 0.900. The number of aromatic amines is 2. The molecule has 2 N–H and O–H groups in total. The highest BCUT2D eigenvalue weighted by atomic mass is 16.1. The van der Waals surface area contributed by atoms with Gasteiger partial charge in [0.15, 0.2) is 5.52 Å². The Morgan fingerprint density at radius 3 is 2.75 bits per heavy atom. The Labute approximate surface area is 118 Å². The maximum Gasteiger partial charge on any atom is 0.279 e. The Morgan fingerprint density at radius 1 is 1.30 bits per heavy atom. The third-order valence-corrected chi connectivity index (χ3v) is 4.49. The van der Waals surface area contributed by atoms with Crippen LogP contribution in [-0.2, 0) is 6.42 Å². The summed E-state index contributed by atoms with van der Waals surface area (Å²) in [4.78, 5) is 19.7. The first-order chi connectivity index (χ1) is 9.69. The van der Waals surface area contributed by atoms with Crippen LogP contribution in [0.15, 0.2) is 4.79 Å². The number of nitrogens with one attached hydrogen (secondary N) is 2. The average Bonchev–Trinajstić information content (AvgIpc) is 3.06. The highest BCUT2D eigenvalue weighted by molar-refractivity contribution is 5.76. The standard InChI is InChI=1S/C15H22N4O/c1-3-9(2)8-11-16-13-12(10-6-4-5-7-10)18-19-14(13)15(20)17-11/h9-10H,3-8H2,1-2H3,(H,18,19)(H,16,17,20). The zero-order valence-electron chi connectivity index (χ0n) is 12.2. The molecular formula is C15H22N4O. The number of hydrogen-bond donors (Lipinski definition) is 2. The monoisotopic (exact) mass is 274 g/mol. The second kappa shape index (κ2) is 5.38. The molecule has 108 valence electrons. The van der Waals surface area contributed by atoms with Crippen molar-refractivity contribution >= 4 is 11.0 Å². The van der Waals surface area contributed by atoms with Crippen LogP contribution in [0, 0.1) is 5.92 Å². The van der Waals surface area contributed by atoms with Gasteiger partial charge in [0.1, 0.15) is 11.3 Å². The van der Waals surface area contributed by atoms with Gasteiger partial charge in [-0.1, -0.05) is 33.1 Å². The Bertz CT molecular complexity index is 651.